The molecule has 1 N–H and O–H groups in total. The largest absolute Gasteiger partial charge is 0.380 e. The molecule has 1 unspecified atom stereocenters. The molecule has 144 valence electrons. The minimum absolute atomic E-state index is 0.0474. The summed E-state index contributed by atoms with van der Waals surface area (Å²) < 4.78 is 29.9. The van der Waals surface area contributed by atoms with Gasteiger partial charge >= 0.3 is 0 Å². The Kier molecular flexibility index (Phi) is 6.04. The third kappa shape index (κ3) is 4.54. The van der Waals surface area contributed by atoms with E-state index in [1.807, 2.05) is 6.92 Å². The molecule has 0 radical (unpaired) electrons. The fourth-order valence-corrected chi connectivity index (χ4v) is 3.62. The molecule has 0 heterocycles. The minimum Gasteiger partial charge on any atom is -0.380 e. The van der Waals surface area contributed by atoms with Crippen LogP contribution in [0.5, 0.6) is 0 Å². The van der Waals surface area contributed by atoms with Gasteiger partial charge in [-0.1, -0.05) is 72.3 Å². The first kappa shape index (κ1) is 19.9. The van der Waals surface area contributed by atoms with Crippen LogP contribution in [-0.2, 0) is 20.9 Å². The number of hydrogen-bond acceptors (Lipinski definition) is 5. The first-order valence-electron chi connectivity index (χ1n) is 8.70. The summed E-state index contributed by atoms with van der Waals surface area (Å²) in [6.07, 6.45) is -1.34. The molecular formula is C22H20O5S. The van der Waals surface area contributed by atoms with Crippen LogP contribution in [0, 0.1) is 6.92 Å². The summed E-state index contributed by atoms with van der Waals surface area (Å²) in [6.45, 7) is 1.55. The van der Waals surface area contributed by atoms with Crippen molar-refractivity contribution in [3.05, 3.63) is 101 Å². The quantitative estimate of drug-likeness (QED) is 0.485. The lowest BCUT2D eigenvalue weighted by atomic mass is 9.96. The molecule has 28 heavy (non-hydrogen) atoms. The molecule has 0 aliphatic rings. The molecule has 3 rings (SSSR count). The highest BCUT2D eigenvalue weighted by atomic mass is 32.2. The number of rotatable bonds is 7. The van der Waals surface area contributed by atoms with Gasteiger partial charge in [0, 0.05) is 5.56 Å². The van der Waals surface area contributed by atoms with Crippen LogP contribution in [0.3, 0.4) is 0 Å². The second-order valence-corrected chi connectivity index (χ2v) is 7.98. The van der Waals surface area contributed by atoms with Gasteiger partial charge in [0.1, 0.15) is 6.10 Å². The van der Waals surface area contributed by atoms with E-state index in [-0.39, 0.29) is 17.1 Å². The van der Waals surface area contributed by atoms with Gasteiger partial charge in [-0.2, -0.15) is 8.42 Å². The zero-order chi connectivity index (χ0) is 20.1. The number of aryl methyl sites for hydroxylation is 1. The Morgan fingerprint density at radius 2 is 1.54 bits per heavy atom. The van der Waals surface area contributed by atoms with Crippen molar-refractivity contribution in [2.24, 2.45) is 0 Å². The van der Waals surface area contributed by atoms with Gasteiger partial charge in [0.2, 0.25) is 0 Å². The number of ketones is 1. The van der Waals surface area contributed by atoms with Crippen molar-refractivity contribution in [1.29, 1.82) is 0 Å². The zero-order valence-corrected chi connectivity index (χ0v) is 16.1. The number of Topliss-reactive ketones (excluding diaryl/α,β-unsaturated/α-hetero) is 1. The first-order chi connectivity index (χ1) is 13.4. The maximum absolute atomic E-state index is 12.7. The summed E-state index contributed by atoms with van der Waals surface area (Å²) in [5, 5.41) is 10.4. The number of carbonyl (C=O) groups excluding carboxylic acids is 1. The Labute approximate surface area is 164 Å². The minimum atomic E-state index is -3.96. The van der Waals surface area contributed by atoms with E-state index in [9.17, 15) is 18.3 Å². The van der Waals surface area contributed by atoms with Gasteiger partial charge in [-0.05, 0) is 30.2 Å². The molecule has 0 spiro atoms. The molecule has 0 saturated heterocycles. The van der Waals surface area contributed by atoms with Crippen LogP contribution >= 0.6 is 0 Å². The van der Waals surface area contributed by atoms with E-state index < -0.39 is 22.0 Å². The summed E-state index contributed by atoms with van der Waals surface area (Å²) in [5.74, 6) is -0.516. The molecule has 0 aliphatic heterocycles. The smallest absolute Gasteiger partial charge is 0.297 e. The molecule has 0 bridgehead atoms. The van der Waals surface area contributed by atoms with Crippen molar-refractivity contribution in [2.45, 2.75) is 24.5 Å². The molecule has 6 heteroatoms. The van der Waals surface area contributed by atoms with Gasteiger partial charge in [0.15, 0.2) is 5.78 Å². The van der Waals surface area contributed by atoms with Crippen LogP contribution in [0.4, 0.5) is 0 Å². The van der Waals surface area contributed by atoms with Crippen molar-refractivity contribution >= 4 is 15.9 Å². The third-order valence-corrected chi connectivity index (χ3v) is 5.60. The average Bonchev–Trinajstić information content (AvgIpc) is 2.72. The monoisotopic (exact) mass is 396 g/mol. The Hall–Kier alpha value is -2.80. The second kappa shape index (κ2) is 8.48. The predicted octanol–water partition coefficient (Wildman–Crippen LogP) is 3.82. The summed E-state index contributed by atoms with van der Waals surface area (Å²) in [5.41, 5.74) is 2.01. The summed E-state index contributed by atoms with van der Waals surface area (Å²) in [4.78, 5) is 12.8. The van der Waals surface area contributed by atoms with Gasteiger partial charge < -0.3 is 5.11 Å². The molecule has 1 atom stereocenters. The summed E-state index contributed by atoms with van der Waals surface area (Å²) >= 11 is 0. The van der Waals surface area contributed by atoms with Crippen LogP contribution in [0.1, 0.15) is 33.2 Å². The molecule has 0 aliphatic carbocycles. The zero-order valence-electron chi connectivity index (χ0n) is 15.3. The van der Waals surface area contributed by atoms with Crippen LogP contribution in [-0.4, -0.2) is 19.3 Å². The van der Waals surface area contributed by atoms with Gasteiger partial charge in [-0.15, -0.1) is 0 Å². The lowest BCUT2D eigenvalue weighted by Gasteiger charge is -2.14. The first-order valence-corrected chi connectivity index (χ1v) is 10.1. The van der Waals surface area contributed by atoms with E-state index in [1.54, 1.807) is 66.7 Å². The highest BCUT2D eigenvalue weighted by Gasteiger charge is 2.23. The fourth-order valence-electron chi connectivity index (χ4n) is 2.73. The van der Waals surface area contributed by atoms with E-state index in [2.05, 4.69) is 0 Å². The number of aliphatic hydroxyl groups excluding tert-OH is 1. The maximum atomic E-state index is 12.7. The SMILES string of the molecule is Cc1ccc(S(=O)(=O)OCc2ccccc2C(=O)C(O)c2ccccc2)cc1. The van der Waals surface area contributed by atoms with Gasteiger partial charge in [-0.3, -0.25) is 8.98 Å². The van der Waals surface area contributed by atoms with E-state index >= 15 is 0 Å². The van der Waals surface area contributed by atoms with Crippen LogP contribution in [0.2, 0.25) is 0 Å². The maximum Gasteiger partial charge on any atom is 0.297 e. The lowest BCUT2D eigenvalue weighted by molar-refractivity contribution is 0.0745. The molecule has 5 nitrogen and oxygen atoms in total. The molecule has 3 aromatic rings. The van der Waals surface area contributed by atoms with Gasteiger partial charge in [0.25, 0.3) is 10.1 Å². The van der Waals surface area contributed by atoms with E-state index in [4.69, 9.17) is 4.18 Å². The van der Waals surface area contributed by atoms with Crippen molar-refractivity contribution < 1.29 is 22.5 Å². The fraction of sp³-hybridized carbons (Fsp3) is 0.136. The lowest BCUT2D eigenvalue weighted by Crippen LogP contribution is -2.15. The molecule has 0 fully saturated rings. The molecular weight excluding hydrogens is 376 g/mol. The van der Waals surface area contributed by atoms with E-state index in [0.717, 1.165) is 5.56 Å². The normalized spacial score (nSPS) is 12.5. The third-order valence-electron chi connectivity index (χ3n) is 4.33. The van der Waals surface area contributed by atoms with Crippen molar-refractivity contribution in [3.8, 4) is 0 Å². The predicted molar refractivity (Wildman–Crippen MR) is 105 cm³/mol. The van der Waals surface area contributed by atoms with Crippen molar-refractivity contribution in [1.82, 2.24) is 0 Å². The number of carbonyl (C=O) groups is 1. The average molecular weight is 396 g/mol. The highest BCUT2D eigenvalue weighted by Crippen LogP contribution is 2.22. The Balaban J connectivity index is 1.81. The Morgan fingerprint density at radius 3 is 2.21 bits per heavy atom. The second-order valence-electron chi connectivity index (χ2n) is 6.36. The molecule has 0 saturated carbocycles. The van der Waals surface area contributed by atoms with Crippen molar-refractivity contribution in [2.75, 3.05) is 0 Å². The highest BCUT2D eigenvalue weighted by molar-refractivity contribution is 7.86. The van der Waals surface area contributed by atoms with Crippen LogP contribution in [0.15, 0.2) is 83.8 Å². The summed E-state index contributed by atoms with van der Waals surface area (Å²) in [7, 11) is -3.96. The van der Waals surface area contributed by atoms with Gasteiger partial charge in [0.05, 0.1) is 11.5 Å². The number of aliphatic hydroxyl groups is 1. The topological polar surface area (TPSA) is 80.7 Å². The van der Waals surface area contributed by atoms with Crippen LogP contribution in [0.25, 0.3) is 0 Å². The Morgan fingerprint density at radius 1 is 0.929 bits per heavy atom. The molecule has 0 aromatic heterocycles. The molecule has 0 amide bonds. The van der Waals surface area contributed by atoms with Crippen molar-refractivity contribution in [3.63, 3.8) is 0 Å². The molecule has 3 aromatic carbocycles. The van der Waals surface area contributed by atoms with E-state index in [0.29, 0.717) is 11.1 Å². The Bertz CT molecular complexity index is 1060. The van der Waals surface area contributed by atoms with Crippen LogP contribution < -0.4 is 0 Å². The van der Waals surface area contributed by atoms with E-state index in [1.165, 1.54) is 12.1 Å². The standard InChI is InChI=1S/C22H20O5S/c1-16-11-13-19(14-12-16)28(25,26)27-15-18-9-5-6-10-20(18)22(24)21(23)17-7-3-2-4-8-17/h2-14,21,23H,15H2,1H3. The van der Waals surface area contributed by atoms with Gasteiger partial charge in [-0.25, -0.2) is 0 Å². The number of benzene rings is 3. The summed E-state index contributed by atoms with van der Waals surface area (Å²) in [6, 6.07) is 21.4. The number of hydrogen-bond donors (Lipinski definition) is 1.